The smallest absolute Gasteiger partial charge is 0.128 e. The molecule has 0 unspecified atom stereocenters. The molecule has 0 spiro atoms. The van der Waals surface area contributed by atoms with Crippen LogP contribution in [0.2, 0.25) is 0 Å². The van der Waals surface area contributed by atoms with Gasteiger partial charge < -0.3 is 0 Å². The van der Waals surface area contributed by atoms with Crippen LogP contribution in [0.4, 0.5) is 4.39 Å². The van der Waals surface area contributed by atoms with Crippen LogP contribution >= 0.6 is 0 Å². The van der Waals surface area contributed by atoms with E-state index in [0.717, 1.165) is 38.7 Å². The molecule has 3 aromatic rings. The molecule has 104 valence electrons. The van der Waals surface area contributed by atoms with E-state index in [-0.39, 0.29) is 11.2 Å². The number of hydrogen-bond acceptors (Lipinski definition) is 1. The summed E-state index contributed by atoms with van der Waals surface area (Å²) in [5.41, 5.74) is 4.31. The van der Waals surface area contributed by atoms with E-state index < -0.39 is 0 Å². The molecule has 4 rings (SSSR count). The SMILES string of the molecule is Cc1cc(F)c2c(c1)-c1nccc3cccc(c13)C2(C)C. The van der Waals surface area contributed by atoms with Crippen molar-refractivity contribution in [1.82, 2.24) is 4.98 Å². The first-order valence-electron chi connectivity index (χ1n) is 7.19. The van der Waals surface area contributed by atoms with E-state index in [1.165, 1.54) is 0 Å². The van der Waals surface area contributed by atoms with Crippen LogP contribution in [0.5, 0.6) is 0 Å². The zero-order valence-electron chi connectivity index (χ0n) is 12.4. The first-order chi connectivity index (χ1) is 10.00. The standard InChI is InChI=1S/C19H16FN/c1-11-9-13-17(15(20)10-11)19(2,3)14-6-4-5-12-7-8-21-18(13)16(12)14/h4-10H,1-3H3. The van der Waals surface area contributed by atoms with Gasteiger partial charge in [-0.3, -0.25) is 4.98 Å². The second-order valence-electron chi connectivity index (χ2n) is 6.36. The molecule has 1 aromatic heterocycles. The molecular formula is C19H16FN. The van der Waals surface area contributed by atoms with Crippen molar-refractivity contribution in [3.63, 3.8) is 0 Å². The molecule has 0 N–H and O–H groups in total. The Bertz CT molecular complexity index is 888. The molecule has 2 heteroatoms. The number of benzene rings is 2. The van der Waals surface area contributed by atoms with E-state index in [1.807, 2.05) is 25.3 Å². The minimum Gasteiger partial charge on any atom is -0.256 e. The topological polar surface area (TPSA) is 12.9 Å². The molecular weight excluding hydrogens is 261 g/mol. The van der Waals surface area contributed by atoms with Gasteiger partial charge >= 0.3 is 0 Å². The van der Waals surface area contributed by atoms with Crippen LogP contribution in [0.25, 0.3) is 22.0 Å². The molecule has 0 radical (unpaired) electrons. The fourth-order valence-corrected chi connectivity index (χ4v) is 3.65. The fourth-order valence-electron chi connectivity index (χ4n) is 3.65. The van der Waals surface area contributed by atoms with Gasteiger partial charge in [0.1, 0.15) is 5.82 Å². The Kier molecular flexibility index (Phi) is 2.33. The van der Waals surface area contributed by atoms with Gasteiger partial charge in [0.25, 0.3) is 0 Å². The van der Waals surface area contributed by atoms with Crippen LogP contribution < -0.4 is 0 Å². The normalized spacial score (nSPS) is 15.0. The first-order valence-corrected chi connectivity index (χ1v) is 7.19. The van der Waals surface area contributed by atoms with Crippen molar-refractivity contribution in [2.75, 3.05) is 0 Å². The third-order valence-electron chi connectivity index (χ3n) is 4.58. The molecule has 0 fully saturated rings. The van der Waals surface area contributed by atoms with E-state index in [9.17, 15) is 4.39 Å². The molecule has 1 heterocycles. The first kappa shape index (κ1) is 12.5. The molecule has 0 aliphatic heterocycles. The third-order valence-corrected chi connectivity index (χ3v) is 4.58. The van der Waals surface area contributed by atoms with Gasteiger partial charge in [-0.2, -0.15) is 0 Å². The number of rotatable bonds is 0. The van der Waals surface area contributed by atoms with Crippen molar-refractivity contribution in [3.8, 4) is 11.3 Å². The highest BCUT2D eigenvalue weighted by molar-refractivity contribution is 6.01. The zero-order chi connectivity index (χ0) is 14.8. The fraction of sp³-hybridized carbons (Fsp3) is 0.211. The monoisotopic (exact) mass is 277 g/mol. The lowest BCUT2D eigenvalue weighted by Gasteiger charge is -2.34. The molecule has 1 nitrogen and oxygen atoms in total. The predicted molar refractivity (Wildman–Crippen MR) is 84.0 cm³/mol. The van der Waals surface area contributed by atoms with Gasteiger partial charge in [0.05, 0.1) is 5.69 Å². The third kappa shape index (κ3) is 1.53. The van der Waals surface area contributed by atoms with Crippen LogP contribution in [0.1, 0.15) is 30.5 Å². The van der Waals surface area contributed by atoms with Gasteiger partial charge in [-0.25, -0.2) is 4.39 Å². The van der Waals surface area contributed by atoms with Crippen molar-refractivity contribution in [3.05, 3.63) is 65.1 Å². The van der Waals surface area contributed by atoms with Gasteiger partial charge in [0.15, 0.2) is 0 Å². The van der Waals surface area contributed by atoms with Crippen molar-refractivity contribution in [2.24, 2.45) is 0 Å². The lowest BCUT2D eigenvalue weighted by Crippen LogP contribution is -2.25. The molecule has 1 aliphatic carbocycles. The van der Waals surface area contributed by atoms with E-state index in [1.54, 1.807) is 6.07 Å². The number of halogens is 1. The van der Waals surface area contributed by atoms with Gasteiger partial charge in [-0.15, -0.1) is 0 Å². The van der Waals surface area contributed by atoms with Crippen LogP contribution in [0, 0.1) is 12.7 Å². The second-order valence-corrected chi connectivity index (χ2v) is 6.36. The van der Waals surface area contributed by atoms with Gasteiger partial charge in [-0.1, -0.05) is 32.0 Å². The van der Waals surface area contributed by atoms with Crippen LogP contribution in [-0.2, 0) is 5.41 Å². The number of aryl methyl sites for hydroxylation is 1. The maximum atomic E-state index is 14.7. The number of aromatic nitrogens is 1. The van der Waals surface area contributed by atoms with E-state index in [0.29, 0.717) is 0 Å². The Morgan fingerprint density at radius 1 is 1.10 bits per heavy atom. The number of nitrogens with zero attached hydrogens (tertiary/aromatic N) is 1. The Hall–Kier alpha value is -2.22. The number of hydrogen-bond donors (Lipinski definition) is 0. The summed E-state index contributed by atoms with van der Waals surface area (Å²) in [5, 5.41) is 2.32. The molecule has 21 heavy (non-hydrogen) atoms. The summed E-state index contributed by atoms with van der Waals surface area (Å²) in [6.45, 7) is 6.11. The lowest BCUT2D eigenvalue weighted by molar-refractivity contribution is 0.549. The quantitative estimate of drug-likeness (QED) is 0.564. The minimum absolute atomic E-state index is 0.136. The van der Waals surface area contributed by atoms with E-state index in [2.05, 4.69) is 37.0 Å². The maximum Gasteiger partial charge on any atom is 0.128 e. The van der Waals surface area contributed by atoms with Crippen LogP contribution in [-0.4, -0.2) is 4.98 Å². The summed E-state index contributed by atoms with van der Waals surface area (Å²) in [5.74, 6) is -0.136. The molecule has 2 aromatic carbocycles. The lowest BCUT2D eigenvalue weighted by atomic mass is 9.69. The van der Waals surface area contributed by atoms with Crippen LogP contribution in [0.15, 0.2) is 42.6 Å². The van der Waals surface area contributed by atoms with Crippen molar-refractivity contribution < 1.29 is 4.39 Å². The van der Waals surface area contributed by atoms with Gasteiger partial charge in [-0.05, 0) is 41.6 Å². The maximum absolute atomic E-state index is 14.7. The number of fused-ring (bicyclic) bond motifs is 2. The predicted octanol–water partition coefficient (Wildman–Crippen LogP) is 4.99. The van der Waals surface area contributed by atoms with E-state index >= 15 is 0 Å². The summed E-state index contributed by atoms with van der Waals surface area (Å²) >= 11 is 0. The van der Waals surface area contributed by atoms with Crippen LogP contribution in [0.3, 0.4) is 0 Å². The molecule has 0 bridgehead atoms. The second kappa shape index (κ2) is 3.91. The Morgan fingerprint density at radius 2 is 1.90 bits per heavy atom. The average molecular weight is 277 g/mol. The summed E-state index contributed by atoms with van der Waals surface area (Å²) in [4.78, 5) is 4.56. The molecule has 0 atom stereocenters. The summed E-state index contributed by atoms with van der Waals surface area (Å²) in [6, 6.07) is 11.9. The highest BCUT2D eigenvalue weighted by Crippen LogP contribution is 2.48. The Balaban J connectivity index is 2.28. The Labute approximate surface area is 123 Å². The highest BCUT2D eigenvalue weighted by Gasteiger charge is 2.36. The number of pyridine rings is 1. The highest BCUT2D eigenvalue weighted by atomic mass is 19.1. The molecule has 1 aliphatic rings. The summed E-state index contributed by atoms with van der Waals surface area (Å²) < 4.78 is 14.7. The zero-order valence-corrected chi connectivity index (χ0v) is 12.4. The molecule has 0 saturated carbocycles. The average Bonchev–Trinajstić information content (AvgIpc) is 2.43. The van der Waals surface area contributed by atoms with Crippen molar-refractivity contribution in [2.45, 2.75) is 26.2 Å². The summed E-state index contributed by atoms with van der Waals surface area (Å²) in [6.07, 6.45) is 1.81. The van der Waals surface area contributed by atoms with E-state index in [4.69, 9.17) is 0 Å². The largest absolute Gasteiger partial charge is 0.256 e. The minimum atomic E-state index is -0.358. The molecule has 0 saturated heterocycles. The summed E-state index contributed by atoms with van der Waals surface area (Å²) in [7, 11) is 0. The molecule has 0 amide bonds. The van der Waals surface area contributed by atoms with Crippen molar-refractivity contribution in [1.29, 1.82) is 0 Å². The van der Waals surface area contributed by atoms with Crippen molar-refractivity contribution >= 4 is 10.8 Å². The Morgan fingerprint density at radius 3 is 2.71 bits per heavy atom. The van der Waals surface area contributed by atoms with Gasteiger partial charge in [0, 0.05) is 28.1 Å². The van der Waals surface area contributed by atoms with Gasteiger partial charge in [0.2, 0.25) is 0 Å².